The van der Waals surface area contributed by atoms with Crippen LogP contribution in [0.5, 0.6) is 5.75 Å². The van der Waals surface area contributed by atoms with E-state index >= 15 is 0 Å². The van der Waals surface area contributed by atoms with Crippen LogP contribution in [-0.2, 0) is 6.54 Å². The Hall–Kier alpha value is -3.79. The Labute approximate surface area is 169 Å². The molecule has 0 radical (unpaired) electrons. The number of hydrazone groups is 1. The van der Waals surface area contributed by atoms with E-state index in [0.29, 0.717) is 17.4 Å². The second-order valence-corrected chi connectivity index (χ2v) is 7.11. The molecule has 0 saturated carbocycles. The number of nitro groups is 1. The number of hydrogen-bond donors (Lipinski definition) is 1. The number of rotatable bonds is 7. The van der Waals surface area contributed by atoms with Crippen LogP contribution < -0.4 is 10.2 Å². The number of nitrogens with one attached hydrogen (secondary N) is 1. The molecule has 0 amide bonds. The Morgan fingerprint density at radius 1 is 1.34 bits per heavy atom. The Balaban J connectivity index is 1.50. The number of methoxy groups -OCH3 is 1. The number of hydrogen-bond acceptors (Lipinski definition) is 8. The van der Waals surface area contributed by atoms with Crippen molar-refractivity contribution in [3.8, 4) is 5.75 Å². The summed E-state index contributed by atoms with van der Waals surface area (Å²) in [5.41, 5.74) is 5.49. The molecule has 0 saturated heterocycles. The molecule has 146 valence electrons. The molecule has 0 aliphatic carbocycles. The number of nitrogens with zero attached hydrogens (tertiary/aromatic N) is 5. The van der Waals surface area contributed by atoms with Gasteiger partial charge in [-0.15, -0.1) is 0 Å². The van der Waals surface area contributed by atoms with Crippen LogP contribution in [0.2, 0.25) is 0 Å². The Morgan fingerprint density at radius 2 is 2.21 bits per heavy atom. The average molecular weight is 408 g/mol. The minimum Gasteiger partial charge on any atom is -0.496 e. The Kier molecular flexibility index (Phi) is 5.16. The van der Waals surface area contributed by atoms with Crippen LogP contribution >= 0.6 is 11.3 Å². The molecule has 0 atom stereocenters. The zero-order chi connectivity index (χ0) is 20.2. The van der Waals surface area contributed by atoms with E-state index in [1.54, 1.807) is 13.3 Å². The maximum Gasteiger partial charge on any atom is 0.307 e. The lowest BCUT2D eigenvalue weighted by atomic mass is 10.1. The van der Waals surface area contributed by atoms with Gasteiger partial charge in [-0.1, -0.05) is 23.5 Å². The standard InChI is InChI=1S/C19H16N6O3S/c1-28-17-7-6-13(8-14(17)11-24-12-15(10-21-24)25(26)27)9-20-23-19-22-16-4-2-3-5-18(16)29-19/h2-10,12H,11H2,1H3,(H,22,23)/b20-9-. The van der Waals surface area contributed by atoms with Gasteiger partial charge in [0.2, 0.25) is 5.13 Å². The van der Waals surface area contributed by atoms with Crippen LogP contribution in [0.1, 0.15) is 11.1 Å². The summed E-state index contributed by atoms with van der Waals surface area (Å²) in [6, 6.07) is 13.5. The highest BCUT2D eigenvalue weighted by Crippen LogP contribution is 2.25. The van der Waals surface area contributed by atoms with Crippen molar-refractivity contribution in [1.82, 2.24) is 14.8 Å². The third-order valence-electron chi connectivity index (χ3n) is 4.13. The minimum atomic E-state index is -0.475. The van der Waals surface area contributed by atoms with Gasteiger partial charge in [0.05, 0.1) is 35.0 Å². The number of aromatic nitrogens is 3. The topological polar surface area (TPSA) is 107 Å². The molecule has 0 unspecified atom stereocenters. The van der Waals surface area contributed by atoms with Crippen LogP contribution in [0.25, 0.3) is 10.2 Å². The third-order valence-corrected chi connectivity index (χ3v) is 5.08. The van der Waals surface area contributed by atoms with Gasteiger partial charge in [-0.2, -0.15) is 10.2 Å². The highest BCUT2D eigenvalue weighted by atomic mass is 32.1. The second-order valence-electron chi connectivity index (χ2n) is 6.08. The number of ether oxygens (including phenoxy) is 1. The van der Waals surface area contributed by atoms with E-state index in [1.165, 1.54) is 28.4 Å². The van der Waals surface area contributed by atoms with Crippen molar-refractivity contribution in [1.29, 1.82) is 0 Å². The molecule has 0 aliphatic heterocycles. The smallest absolute Gasteiger partial charge is 0.307 e. The van der Waals surface area contributed by atoms with Gasteiger partial charge in [0.15, 0.2) is 0 Å². The van der Waals surface area contributed by atoms with Crippen LogP contribution in [-0.4, -0.2) is 33.0 Å². The Bertz CT molecular complexity index is 1170. The molecule has 1 N–H and O–H groups in total. The summed E-state index contributed by atoms with van der Waals surface area (Å²) >= 11 is 1.53. The summed E-state index contributed by atoms with van der Waals surface area (Å²) < 4.78 is 7.98. The van der Waals surface area contributed by atoms with Gasteiger partial charge in [-0.3, -0.25) is 20.2 Å². The van der Waals surface area contributed by atoms with Crippen LogP contribution in [0, 0.1) is 10.1 Å². The molecule has 0 bridgehead atoms. The highest BCUT2D eigenvalue weighted by Gasteiger charge is 2.11. The molecule has 2 heterocycles. The van der Waals surface area contributed by atoms with Crippen molar-refractivity contribution in [3.05, 3.63) is 76.1 Å². The van der Waals surface area contributed by atoms with Crippen LogP contribution in [0.15, 0.2) is 60.0 Å². The van der Waals surface area contributed by atoms with E-state index in [0.717, 1.165) is 21.3 Å². The van der Waals surface area contributed by atoms with Gasteiger partial charge in [0.1, 0.15) is 18.1 Å². The first kappa shape index (κ1) is 18.6. The van der Waals surface area contributed by atoms with Gasteiger partial charge < -0.3 is 4.74 Å². The van der Waals surface area contributed by atoms with Crippen molar-refractivity contribution in [2.24, 2.45) is 5.10 Å². The maximum atomic E-state index is 10.8. The predicted molar refractivity (Wildman–Crippen MR) is 112 cm³/mol. The third kappa shape index (κ3) is 4.22. The number of thiazole rings is 1. The predicted octanol–water partition coefficient (Wildman–Crippen LogP) is 3.90. The summed E-state index contributed by atoms with van der Waals surface area (Å²) in [4.78, 5) is 14.8. The lowest BCUT2D eigenvalue weighted by Crippen LogP contribution is -2.03. The lowest BCUT2D eigenvalue weighted by Gasteiger charge is -2.09. The number of anilines is 1. The lowest BCUT2D eigenvalue weighted by molar-refractivity contribution is -0.385. The molecule has 4 rings (SSSR count). The van der Waals surface area contributed by atoms with Crippen molar-refractivity contribution in [3.63, 3.8) is 0 Å². The number of benzene rings is 2. The van der Waals surface area contributed by atoms with E-state index in [2.05, 4.69) is 20.6 Å². The van der Waals surface area contributed by atoms with Gasteiger partial charge in [0.25, 0.3) is 0 Å². The van der Waals surface area contributed by atoms with E-state index < -0.39 is 4.92 Å². The zero-order valence-electron chi connectivity index (χ0n) is 15.3. The average Bonchev–Trinajstić information content (AvgIpc) is 3.35. The first-order valence-electron chi connectivity index (χ1n) is 8.61. The van der Waals surface area contributed by atoms with Crippen molar-refractivity contribution >= 4 is 38.6 Å². The minimum absolute atomic E-state index is 0.0540. The maximum absolute atomic E-state index is 10.8. The monoisotopic (exact) mass is 408 g/mol. The summed E-state index contributed by atoms with van der Waals surface area (Å²) in [6.07, 6.45) is 4.29. The molecule has 0 spiro atoms. The molecule has 0 aliphatic rings. The van der Waals surface area contributed by atoms with Crippen LogP contribution in [0.4, 0.5) is 10.8 Å². The molecule has 0 fully saturated rings. The molecule has 9 nitrogen and oxygen atoms in total. The first-order chi connectivity index (χ1) is 14.1. The quantitative estimate of drug-likeness (QED) is 0.282. The van der Waals surface area contributed by atoms with Gasteiger partial charge in [-0.25, -0.2) is 4.98 Å². The molecule has 2 aromatic carbocycles. The van der Waals surface area contributed by atoms with Crippen molar-refractivity contribution < 1.29 is 9.66 Å². The fraction of sp³-hybridized carbons (Fsp3) is 0.105. The normalized spacial score (nSPS) is 11.2. The fourth-order valence-electron chi connectivity index (χ4n) is 2.79. The highest BCUT2D eigenvalue weighted by molar-refractivity contribution is 7.22. The summed E-state index contributed by atoms with van der Waals surface area (Å²) in [5, 5.41) is 19.8. The van der Waals surface area contributed by atoms with Gasteiger partial charge in [0, 0.05) is 5.56 Å². The molecule has 10 heteroatoms. The van der Waals surface area contributed by atoms with E-state index in [-0.39, 0.29) is 5.69 Å². The molecule has 4 aromatic rings. The number of fused-ring (bicyclic) bond motifs is 1. The largest absolute Gasteiger partial charge is 0.496 e. The number of para-hydroxylation sites is 1. The van der Waals surface area contributed by atoms with Gasteiger partial charge in [-0.05, 0) is 35.9 Å². The fourth-order valence-corrected chi connectivity index (χ4v) is 3.61. The molecule has 29 heavy (non-hydrogen) atoms. The van der Waals surface area contributed by atoms with E-state index in [4.69, 9.17) is 4.74 Å². The SMILES string of the molecule is COc1ccc(/C=N\Nc2nc3ccccc3s2)cc1Cn1cc([N+](=O)[O-])cn1. The summed E-state index contributed by atoms with van der Waals surface area (Å²) in [7, 11) is 1.58. The zero-order valence-corrected chi connectivity index (χ0v) is 16.2. The van der Waals surface area contributed by atoms with E-state index in [9.17, 15) is 10.1 Å². The second kappa shape index (κ2) is 8.07. The van der Waals surface area contributed by atoms with E-state index in [1.807, 2.05) is 42.5 Å². The summed E-state index contributed by atoms with van der Waals surface area (Å²) in [6.45, 7) is 0.337. The Morgan fingerprint density at radius 3 is 2.97 bits per heavy atom. The summed E-state index contributed by atoms with van der Waals surface area (Å²) in [5.74, 6) is 0.666. The van der Waals surface area contributed by atoms with Gasteiger partial charge >= 0.3 is 5.69 Å². The van der Waals surface area contributed by atoms with Crippen molar-refractivity contribution in [2.75, 3.05) is 12.5 Å². The first-order valence-corrected chi connectivity index (χ1v) is 9.42. The van der Waals surface area contributed by atoms with Crippen molar-refractivity contribution in [2.45, 2.75) is 6.54 Å². The molecular weight excluding hydrogens is 392 g/mol. The van der Waals surface area contributed by atoms with Crippen LogP contribution in [0.3, 0.4) is 0 Å². The molecular formula is C19H16N6O3S. The molecule has 2 aromatic heterocycles.